The van der Waals surface area contributed by atoms with E-state index in [4.69, 9.17) is 30.5 Å². The molecule has 1 fully saturated rings. The molecule has 5 nitrogen and oxygen atoms in total. The monoisotopic (exact) mass is 315 g/mol. The minimum absolute atomic E-state index is 0.0654. The van der Waals surface area contributed by atoms with Gasteiger partial charge in [-0.05, 0) is 31.5 Å². The molecule has 0 aromatic heterocycles. The maximum atomic E-state index is 6.18. The fourth-order valence-corrected chi connectivity index (χ4v) is 2.62. The molecule has 21 heavy (non-hydrogen) atoms. The Hall–Kier alpha value is -1.01. The molecule has 1 aromatic rings. The van der Waals surface area contributed by atoms with Crippen LogP contribution in [0.1, 0.15) is 19.4 Å². The molecule has 0 amide bonds. The average Bonchev–Trinajstić information content (AvgIpc) is 2.77. The first-order valence-electron chi connectivity index (χ1n) is 6.88. The normalized spacial score (nSPS) is 20.5. The molecule has 0 bridgehead atoms. The van der Waals surface area contributed by atoms with Gasteiger partial charge in [0.1, 0.15) is 0 Å². The van der Waals surface area contributed by atoms with Gasteiger partial charge in [-0.1, -0.05) is 11.6 Å². The molecule has 6 heteroatoms. The van der Waals surface area contributed by atoms with Crippen molar-refractivity contribution in [1.82, 2.24) is 5.32 Å². The summed E-state index contributed by atoms with van der Waals surface area (Å²) in [4.78, 5) is 0. The molecule has 0 spiro atoms. The Morgan fingerprint density at radius 2 is 2.10 bits per heavy atom. The van der Waals surface area contributed by atoms with Gasteiger partial charge in [-0.3, -0.25) is 0 Å². The highest BCUT2D eigenvalue weighted by Crippen LogP contribution is 2.35. The lowest BCUT2D eigenvalue weighted by Crippen LogP contribution is -2.30. The Balaban J connectivity index is 1.90. The van der Waals surface area contributed by atoms with E-state index in [1.807, 2.05) is 26.0 Å². The van der Waals surface area contributed by atoms with Gasteiger partial charge in [-0.2, -0.15) is 0 Å². The highest BCUT2D eigenvalue weighted by atomic mass is 35.5. The zero-order valence-electron chi connectivity index (χ0n) is 12.9. The molecular weight excluding hydrogens is 294 g/mol. The minimum Gasteiger partial charge on any atom is -0.493 e. The quantitative estimate of drug-likeness (QED) is 0.874. The number of ether oxygens (including phenoxy) is 4. The lowest BCUT2D eigenvalue weighted by Gasteiger charge is -2.17. The van der Waals surface area contributed by atoms with Crippen LogP contribution in [-0.2, 0) is 16.0 Å². The molecule has 1 aliphatic rings. The van der Waals surface area contributed by atoms with Crippen LogP contribution < -0.4 is 14.8 Å². The van der Waals surface area contributed by atoms with Gasteiger partial charge in [0.05, 0.1) is 32.0 Å². The van der Waals surface area contributed by atoms with Gasteiger partial charge in [0.15, 0.2) is 17.3 Å². The van der Waals surface area contributed by atoms with E-state index in [2.05, 4.69) is 5.32 Å². The van der Waals surface area contributed by atoms with Crippen molar-refractivity contribution in [3.8, 4) is 11.5 Å². The molecule has 0 aliphatic carbocycles. The molecule has 1 saturated heterocycles. The van der Waals surface area contributed by atoms with E-state index in [0.717, 1.165) is 12.1 Å². The molecule has 1 heterocycles. The van der Waals surface area contributed by atoms with E-state index >= 15 is 0 Å². The van der Waals surface area contributed by atoms with Gasteiger partial charge in [0, 0.05) is 13.1 Å². The first-order chi connectivity index (χ1) is 9.95. The number of methoxy groups -OCH3 is 2. The third-order valence-electron chi connectivity index (χ3n) is 3.26. The summed E-state index contributed by atoms with van der Waals surface area (Å²) in [5, 5.41) is 3.87. The van der Waals surface area contributed by atoms with Crippen LogP contribution in [0, 0.1) is 0 Å². The molecule has 1 N–H and O–H groups in total. The average molecular weight is 316 g/mol. The van der Waals surface area contributed by atoms with Crippen LogP contribution in [-0.4, -0.2) is 39.3 Å². The first kappa shape index (κ1) is 16.4. The number of hydrogen-bond donors (Lipinski definition) is 1. The lowest BCUT2D eigenvalue weighted by atomic mass is 10.2. The highest BCUT2D eigenvalue weighted by Gasteiger charge is 2.32. The van der Waals surface area contributed by atoms with E-state index in [1.165, 1.54) is 0 Å². The maximum absolute atomic E-state index is 6.18. The number of benzene rings is 1. The van der Waals surface area contributed by atoms with Crippen molar-refractivity contribution in [2.75, 3.05) is 27.4 Å². The predicted octanol–water partition coefficient (Wildman–Crippen LogP) is 2.60. The third-order valence-corrected chi connectivity index (χ3v) is 3.54. The molecule has 1 aliphatic heterocycles. The van der Waals surface area contributed by atoms with Crippen molar-refractivity contribution in [1.29, 1.82) is 0 Å². The summed E-state index contributed by atoms with van der Waals surface area (Å²) in [7, 11) is 3.16. The van der Waals surface area contributed by atoms with E-state index < -0.39 is 5.79 Å². The van der Waals surface area contributed by atoms with E-state index in [9.17, 15) is 0 Å². The fraction of sp³-hybridized carbons (Fsp3) is 0.600. The Labute approximate surface area is 130 Å². The number of hydrogen-bond acceptors (Lipinski definition) is 5. The standard InChI is InChI=1S/C15H22ClNO4/c1-15(2)20-9-11(21-15)8-17-7-10-5-12(16)14(19-4)13(6-10)18-3/h5-6,11,17H,7-9H2,1-4H3. The molecule has 0 saturated carbocycles. The summed E-state index contributed by atoms with van der Waals surface area (Å²) < 4.78 is 21.8. The second kappa shape index (κ2) is 6.83. The molecule has 1 unspecified atom stereocenters. The van der Waals surface area contributed by atoms with Crippen molar-refractivity contribution in [3.05, 3.63) is 22.7 Å². The van der Waals surface area contributed by atoms with Gasteiger partial charge >= 0.3 is 0 Å². The van der Waals surface area contributed by atoms with Gasteiger partial charge in [0.25, 0.3) is 0 Å². The van der Waals surface area contributed by atoms with E-state index in [1.54, 1.807) is 14.2 Å². The number of halogens is 1. The number of rotatable bonds is 6. The summed E-state index contributed by atoms with van der Waals surface area (Å²) in [5.74, 6) is 0.694. The lowest BCUT2D eigenvalue weighted by molar-refractivity contribution is -0.137. The molecule has 0 radical (unpaired) electrons. The predicted molar refractivity (Wildman–Crippen MR) is 81.2 cm³/mol. The highest BCUT2D eigenvalue weighted by molar-refractivity contribution is 6.32. The Morgan fingerprint density at radius 1 is 1.33 bits per heavy atom. The smallest absolute Gasteiger partial charge is 0.179 e. The van der Waals surface area contributed by atoms with E-state index in [0.29, 0.717) is 29.7 Å². The van der Waals surface area contributed by atoms with Crippen molar-refractivity contribution in [2.45, 2.75) is 32.3 Å². The van der Waals surface area contributed by atoms with Crippen molar-refractivity contribution < 1.29 is 18.9 Å². The molecule has 1 atom stereocenters. The maximum Gasteiger partial charge on any atom is 0.179 e. The zero-order chi connectivity index (χ0) is 15.5. The largest absolute Gasteiger partial charge is 0.493 e. The summed E-state index contributed by atoms with van der Waals surface area (Å²) in [5.41, 5.74) is 1.02. The van der Waals surface area contributed by atoms with Crippen LogP contribution in [0.3, 0.4) is 0 Å². The molecule has 1 aromatic carbocycles. The summed E-state index contributed by atoms with van der Waals surface area (Å²) in [6.45, 7) is 5.82. The van der Waals surface area contributed by atoms with E-state index in [-0.39, 0.29) is 6.10 Å². The van der Waals surface area contributed by atoms with Gasteiger partial charge < -0.3 is 24.3 Å². The Bertz CT molecular complexity index is 493. The van der Waals surface area contributed by atoms with Gasteiger partial charge in [-0.25, -0.2) is 0 Å². The van der Waals surface area contributed by atoms with Crippen molar-refractivity contribution in [3.63, 3.8) is 0 Å². The van der Waals surface area contributed by atoms with Gasteiger partial charge in [-0.15, -0.1) is 0 Å². The third kappa shape index (κ3) is 4.23. The molecule has 2 rings (SSSR count). The second-order valence-electron chi connectivity index (χ2n) is 5.39. The Morgan fingerprint density at radius 3 is 2.67 bits per heavy atom. The van der Waals surface area contributed by atoms with Crippen molar-refractivity contribution in [2.24, 2.45) is 0 Å². The van der Waals surface area contributed by atoms with Crippen molar-refractivity contribution >= 4 is 11.6 Å². The molecular formula is C15H22ClNO4. The van der Waals surface area contributed by atoms with Gasteiger partial charge in [0.2, 0.25) is 0 Å². The fourth-order valence-electron chi connectivity index (χ4n) is 2.31. The second-order valence-corrected chi connectivity index (χ2v) is 5.80. The summed E-state index contributed by atoms with van der Waals surface area (Å²) >= 11 is 6.18. The zero-order valence-corrected chi connectivity index (χ0v) is 13.6. The summed E-state index contributed by atoms with van der Waals surface area (Å²) in [6, 6.07) is 3.78. The minimum atomic E-state index is -0.487. The van der Waals surface area contributed by atoms with Crippen LogP contribution in [0.15, 0.2) is 12.1 Å². The number of nitrogens with one attached hydrogen (secondary N) is 1. The van der Waals surface area contributed by atoms with Crippen LogP contribution in [0.4, 0.5) is 0 Å². The van der Waals surface area contributed by atoms with Crippen LogP contribution in [0.25, 0.3) is 0 Å². The summed E-state index contributed by atoms with van der Waals surface area (Å²) in [6.07, 6.45) is 0.0654. The van der Waals surface area contributed by atoms with Crippen LogP contribution in [0.5, 0.6) is 11.5 Å². The first-order valence-corrected chi connectivity index (χ1v) is 7.26. The SMILES string of the molecule is COc1cc(CNCC2COC(C)(C)O2)cc(Cl)c1OC. The Kier molecular flexibility index (Phi) is 5.32. The van der Waals surface area contributed by atoms with Crippen LogP contribution >= 0.6 is 11.6 Å². The van der Waals surface area contributed by atoms with Crippen LogP contribution in [0.2, 0.25) is 5.02 Å². The molecule has 118 valence electrons. The topological polar surface area (TPSA) is 49.0 Å².